The topological polar surface area (TPSA) is 63.9 Å². The summed E-state index contributed by atoms with van der Waals surface area (Å²) in [5, 5.41) is 15.3. The van der Waals surface area contributed by atoms with Crippen LogP contribution in [0.1, 0.15) is 12.8 Å². The minimum atomic E-state index is -0.140. The highest BCUT2D eigenvalue weighted by atomic mass is 32.2. The number of fused-ring (bicyclic) bond motifs is 1. The summed E-state index contributed by atoms with van der Waals surface area (Å²) >= 11 is 1.52. The fraction of sp³-hybridized carbons (Fsp3) is 0.294. The molecule has 0 bridgehead atoms. The van der Waals surface area contributed by atoms with E-state index in [4.69, 9.17) is 0 Å². The molecule has 122 valence electrons. The Labute approximate surface area is 143 Å². The van der Waals surface area contributed by atoms with Crippen molar-refractivity contribution in [3.05, 3.63) is 42.9 Å². The maximum atomic E-state index is 12.9. The maximum Gasteiger partial charge on any atom is 0.240 e. The number of amides is 1. The molecule has 1 aliphatic rings. The molecule has 6 nitrogen and oxygen atoms in total. The highest BCUT2D eigenvalue weighted by Gasteiger charge is 2.31. The summed E-state index contributed by atoms with van der Waals surface area (Å²) in [6, 6.07) is 8.00. The fourth-order valence-corrected chi connectivity index (χ4v) is 4.17. The van der Waals surface area contributed by atoms with Gasteiger partial charge in [-0.3, -0.25) is 9.48 Å². The van der Waals surface area contributed by atoms with E-state index in [9.17, 15) is 4.79 Å². The van der Waals surface area contributed by atoms with Crippen molar-refractivity contribution in [1.82, 2.24) is 20.0 Å². The molecule has 1 saturated heterocycles. The number of hydrogen-bond acceptors (Lipinski definition) is 5. The molecule has 1 atom stereocenters. The van der Waals surface area contributed by atoms with Crippen molar-refractivity contribution in [1.29, 1.82) is 0 Å². The largest absolute Gasteiger partial charge is 0.309 e. The van der Waals surface area contributed by atoms with E-state index in [0.29, 0.717) is 0 Å². The standard InChI is InChI=1S/C17H17N5OS/c1-21-11-13(10-19-21)22-8-4-7-15(17(22)23)24-16-14-6-3-2-5-12(14)9-18-20-16/h2-3,5-6,9-11,15H,4,7-8H2,1H3/t15-/m0/s1. The van der Waals surface area contributed by atoms with Crippen LogP contribution in [0.2, 0.25) is 0 Å². The van der Waals surface area contributed by atoms with Gasteiger partial charge in [0.05, 0.1) is 23.3 Å². The molecule has 0 spiro atoms. The van der Waals surface area contributed by atoms with Gasteiger partial charge >= 0.3 is 0 Å². The van der Waals surface area contributed by atoms with Crippen LogP contribution < -0.4 is 4.90 Å². The van der Waals surface area contributed by atoms with Crippen LogP contribution in [0.4, 0.5) is 5.69 Å². The summed E-state index contributed by atoms with van der Waals surface area (Å²) in [5.41, 5.74) is 0.858. The molecular weight excluding hydrogens is 322 g/mol. The van der Waals surface area contributed by atoms with E-state index in [1.165, 1.54) is 11.8 Å². The van der Waals surface area contributed by atoms with E-state index in [2.05, 4.69) is 15.3 Å². The highest BCUT2D eigenvalue weighted by molar-refractivity contribution is 8.00. The minimum absolute atomic E-state index is 0.119. The lowest BCUT2D eigenvalue weighted by molar-refractivity contribution is -0.119. The first-order valence-corrected chi connectivity index (χ1v) is 8.77. The first-order chi connectivity index (χ1) is 11.7. The molecular formula is C17H17N5OS. The molecule has 1 aliphatic heterocycles. The van der Waals surface area contributed by atoms with Crippen molar-refractivity contribution in [3.8, 4) is 0 Å². The van der Waals surface area contributed by atoms with E-state index in [1.807, 2.05) is 42.4 Å². The monoisotopic (exact) mass is 339 g/mol. The Kier molecular flexibility index (Phi) is 3.93. The van der Waals surface area contributed by atoms with Crippen molar-refractivity contribution < 1.29 is 4.79 Å². The van der Waals surface area contributed by atoms with Gasteiger partial charge in [-0.25, -0.2) is 0 Å². The van der Waals surface area contributed by atoms with Crippen LogP contribution in [0, 0.1) is 0 Å². The molecule has 0 aliphatic carbocycles. The van der Waals surface area contributed by atoms with Crippen LogP contribution >= 0.6 is 11.8 Å². The molecule has 3 heterocycles. The van der Waals surface area contributed by atoms with Gasteiger partial charge in [0.2, 0.25) is 5.91 Å². The van der Waals surface area contributed by atoms with E-state index >= 15 is 0 Å². The maximum absolute atomic E-state index is 12.9. The Hall–Kier alpha value is -2.41. The average molecular weight is 339 g/mol. The molecule has 0 N–H and O–H groups in total. The number of benzene rings is 1. The summed E-state index contributed by atoms with van der Waals surface area (Å²) in [7, 11) is 1.86. The molecule has 0 radical (unpaired) electrons. The number of nitrogens with zero attached hydrogens (tertiary/aromatic N) is 5. The van der Waals surface area contributed by atoms with Crippen molar-refractivity contribution in [2.24, 2.45) is 7.05 Å². The predicted molar refractivity (Wildman–Crippen MR) is 94.0 cm³/mol. The lowest BCUT2D eigenvalue weighted by atomic mass is 10.1. The van der Waals surface area contributed by atoms with Gasteiger partial charge in [-0.05, 0) is 12.8 Å². The van der Waals surface area contributed by atoms with Crippen LogP contribution in [-0.2, 0) is 11.8 Å². The SMILES string of the molecule is Cn1cc(N2CCC[C@H](Sc3nncc4ccccc34)C2=O)cn1. The summed E-state index contributed by atoms with van der Waals surface area (Å²) in [6.45, 7) is 0.739. The van der Waals surface area contributed by atoms with Crippen molar-refractivity contribution in [2.45, 2.75) is 23.1 Å². The van der Waals surface area contributed by atoms with Gasteiger partial charge in [0.1, 0.15) is 5.03 Å². The average Bonchev–Trinajstić information content (AvgIpc) is 3.03. The number of anilines is 1. The van der Waals surface area contributed by atoms with E-state index in [1.54, 1.807) is 17.1 Å². The summed E-state index contributed by atoms with van der Waals surface area (Å²) in [5.74, 6) is 0.119. The fourth-order valence-electron chi connectivity index (χ4n) is 2.98. The number of aryl methyl sites for hydroxylation is 1. The van der Waals surface area contributed by atoms with Crippen LogP contribution in [0.3, 0.4) is 0 Å². The Morgan fingerprint density at radius 1 is 1.25 bits per heavy atom. The lowest BCUT2D eigenvalue weighted by Gasteiger charge is -2.30. The molecule has 3 aromatic rings. The van der Waals surface area contributed by atoms with E-state index in [0.717, 1.165) is 40.9 Å². The van der Waals surface area contributed by atoms with Gasteiger partial charge in [0.25, 0.3) is 0 Å². The number of carbonyl (C=O) groups is 1. The normalized spacial score (nSPS) is 18.3. The Bertz CT molecular complexity index is 888. The molecule has 7 heteroatoms. The number of thioether (sulfide) groups is 1. The molecule has 0 saturated carbocycles. The summed E-state index contributed by atoms with van der Waals surface area (Å²) in [4.78, 5) is 14.7. The number of hydrogen-bond donors (Lipinski definition) is 0. The Morgan fingerprint density at radius 2 is 2.12 bits per heavy atom. The quantitative estimate of drug-likeness (QED) is 0.734. The third-order valence-corrected chi connectivity index (χ3v) is 5.43. The molecule has 2 aromatic heterocycles. The van der Waals surface area contributed by atoms with Gasteiger partial charge < -0.3 is 4.90 Å². The molecule has 24 heavy (non-hydrogen) atoms. The van der Waals surface area contributed by atoms with Gasteiger partial charge in [-0.1, -0.05) is 36.0 Å². The summed E-state index contributed by atoms with van der Waals surface area (Å²) in [6.07, 6.45) is 7.19. The first-order valence-electron chi connectivity index (χ1n) is 7.89. The summed E-state index contributed by atoms with van der Waals surface area (Å²) < 4.78 is 1.72. The number of aromatic nitrogens is 4. The number of carbonyl (C=O) groups excluding carboxylic acids is 1. The molecule has 1 fully saturated rings. The van der Waals surface area contributed by atoms with Crippen LogP contribution in [0.25, 0.3) is 10.8 Å². The smallest absolute Gasteiger partial charge is 0.240 e. The van der Waals surface area contributed by atoms with Gasteiger partial charge in [-0.2, -0.15) is 10.2 Å². The third kappa shape index (κ3) is 2.75. The molecule has 0 unspecified atom stereocenters. The second-order valence-electron chi connectivity index (χ2n) is 5.85. The van der Waals surface area contributed by atoms with Crippen LogP contribution in [-0.4, -0.2) is 37.7 Å². The zero-order chi connectivity index (χ0) is 16.5. The predicted octanol–water partition coefficient (Wildman–Crippen LogP) is 2.65. The highest BCUT2D eigenvalue weighted by Crippen LogP contribution is 2.34. The van der Waals surface area contributed by atoms with Crippen LogP contribution in [0.15, 0.2) is 47.9 Å². The van der Waals surface area contributed by atoms with Crippen molar-refractivity contribution in [2.75, 3.05) is 11.4 Å². The van der Waals surface area contributed by atoms with E-state index in [-0.39, 0.29) is 11.2 Å². The minimum Gasteiger partial charge on any atom is -0.309 e. The van der Waals surface area contributed by atoms with Crippen molar-refractivity contribution >= 4 is 34.1 Å². The zero-order valence-corrected chi connectivity index (χ0v) is 14.1. The lowest BCUT2D eigenvalue weighted by Crippen LogP contribution is -2.42. The van der Waals surface area contributed by atoms with Crippen molar-refractivity contribution in [3.63, 3.8) is 0 Å². The first kappa shape index (κ1) is 15.1. The molecule has 4 rings (SSSR count). The second kappa shape index (κ2) is 6.24. The number of rotatable bonds is 3. The van der Waals surface area contributed by atoms with Gasteiger partial charge in [-0.15, -0.1) is 5.10 Å². The zero-order valence-electron chi connectivity index (χ0n) is 13.3. The Morgan fingerprint density at radius 3 is 2.96 bits per heavy atom. The molecule has 1 aromatic carbocycles. The Balaban J connectivity index is 1.60. The number of piperidine rings is 1. The van der Waals surface area contributed by atoms with Gasteiger partial charge in [0, 0.05) is 30.6 Å². The van der Waals surface area contributed by atoms with E-state index < -0.39 is 0 Å². The third-order valence-electron chi connectivity index (χ3n) is 4.18. The van der Waals surface area contributed by atoms with Gasteiger partial charge in [0.15, 0.2) is 0 Å². The molecule has 1 amide bonds. The second-order valence-corrected chi connectivity index (χ2v) is 7.04. The van der Waals surface area contributed by atoms with Crippen LogP contribution in [0.5, 0.6) is 0 Å².